The average molecular weight is 312 g/mol. The predicted octanol–water partition coefficient (Wildman–Crippen LogP) is 1.16. The van der Waals surface area contributed by atoms with Crippen LogP contribution in [0.15, 0.2) is 18.2 Å². The summed E-state index contributed by atoms with van der Waals surface area (Å²) in [5, 5.41) is 9.13. The third-order valence-electron chi connectivity index (χ3n) is 3.86. The van der Waals surface area contributed by atoms with Gasteiger partial charge in [0.1, 0.15) is 0 Å². The molecule has 7 heteroatoms. The first-order valence-electron chi connectivity index (χ1n) is 7.07. The van der Waals surface area contributed by atoms with Gasteiger partial charge in [-0.25, -0.2) is 8.78 Å². The van der Waals surface area contributed by atoms with E-state index < -0.39 is 29.4 Å². The minimum absolute atomic E-state index is 0.0405. The molecule has 1 aromatic rings. The number of amides is 1. The summed E-state index contributed by atoms with van der Waals surface area (Å²) >= 11 is 0. The van der Waals surface area contributed by atoms with Crippen LogP contribution in [-0.2, 0) is 16.0 Å². The maximum atomic E-state index is 13.6. The molecule has 2 atom stereocenters. The second-order valence-electron chi connectivity index (χ2n) is 5.56. The Kier molecular flexibility index (Phi) is 5.07. The molecule has 120 valence electrons. The Morgan fingerprint density at radius 1 is 1.27 bits per heavy atom. The highest BCUT2D eigenvalue weighted by Crippen LogP contribution is 2.18. The van der Waals surface area contributed by atoms with Gasteiger partial charge in [-0.1, -0.05) is 12.1 Å². The Morgan fingerprint density at radius 2 is 2.00 bits per heavy atom. The van der Waals surface area contributed by atoms with Crippen molar-refractivity contribution in [1.82, 2.24) is 4.90 Å². The monoisotopic (exact) mass is 312 g/mol. The van der Waals surface area contributed by atoms with E-state index in [0.717, 1.165) is 6.07 Å². The van der Waals surface area contributed by atoms with Crippen LogP contribution in [0.1, 0.15) is 18.4 Å². The summed E-state index contributed by atoms with van der Waals surface area (Å²) in [4.78, 5) is 24.8. The van der Waals surface area contributed by atoms with Crippen LogP contribution in [0, 0.1) is 17.6 Å². The standard InChI is InChI=1S/C15H18F2N2O3/c16-12-3-1-2-9(14(12)17)6-13(20)19-7-10(15(21)22)4-5-11(18)8-19/h1-3,10-11H,4-8,18H2,(H,21,22)/t10-,11+/m0/s1. The molecule has 0 bridgehead atoms. The van der Waals surface area contributed by atoms with E-state index >= 15 is 0 Å². The van der Waals surface area contributed by atoms with Gasteiger partial charge < -0.3 is 15.7 Å². The number of rotatable bonds is 3. The first-order valence-corrected chi connectivity index (χ1v) is 7.07. The number of aliphatic carboxylic acids is 1. The van der Waals surface area contributed by atoms with E-state index in [4.69, 9.17) is 10.8 Å². The zero-order chi connectivity index (χ0) is 16.3. The third kappa shape index (κ3) is 3.79. The predicted molar refractivity (Wildman–Crippen MR) is 75.0 cm³/mol. The van der Waals surface area contributed by atoms with Crippen molar-refractivity contribution >= 4 is 11.9 Å². The number of carbonyl (C=O) groups is 2. The fourth-order valence-corrected chi connectivity index (χ4v) is 2.59. The Labute approximate surface area is 126 Å². The van der Waals surface area contributed by atoms with Crippen molar-refractivity contribution in [2.75, 3.05) is 13.1 Å². The molecule has 1 fully saturated rings. The first-order chi connectivity index (χ1) is 10.4. The summed E-state index contributed by atoms with van der Waals surface area (Å²) < 4.78 is 26.8. The van der Waals surface area contributed by atoms with Gasteiger partial charge in [0.05, 0.1) is 12.3 Å². The van der Waals surface area contributed by atoms with Crippen molar-refractivity contribution in [2.45, 2.75) is 25.3 Å². The van der Waals surface area contributed by atoms with E-state index in [2.05, 4.69) is 0 Å². The largest absolute Gasteiger partial charge is 0.481 e. The van der Waals surface area contributed by atoms with Gasteiger partial charge in [-0.15, -0.1) is 0 Å². The van der Waals surface area contributed by atoms with E-state index in [1.165, 1.54) is 17.0 Å². The van der Waals surface area contributed by atoms with E-state index in [9.17, 15) is 18.4 Å². The fourth-order valence-electron chi connectivity index (χ4n) is 2.59. The molecule has 5 nitrogen and oxygen atoms in total. The molecule has 1 heterocycles. The third-order valence-corrected chi connectivity index (χ3v) is 3.86. The minimum Gasteiger partial charge on any atom is -0.481 e. The average Bonchev–Trinajstić information content (AvgIpc) is 2.66. The lowest BCUT2D eigenvalue weighted by Gasteiger charge is -2.24. The highest BCUT2D eigenvalue weighted by Gasteiger charge is 2.29. The number of likely N-dealkylation sites (tertiary alicyclic amines) is 1. The van der Waals surface area contributed by atoms with Crippen molar-refractivity contribution in [3.05, 3.63) is 35.4 Å². The maximum Gasteiger partial charge on any atom is 0.308 e. The molecule has 1 amide bonds. The number of carboxylic acids is 1. The molecule has 3 N–H and O–H groups in total. The van der Waals surface area contributed by atoms with Gasteiger partial charge >= 0.3 is 5.97 Å². The van der Waals surface area contributed by atoms with Crippen LogP contribution < -0.4 is 5.73 Å². The van der Waals surface area contributed by atoms with Crippen LogP contribution in [-0.4, -0.2) is 41.0 Å². The minimum atomic E-state index is -1.05. The zero-order valence-corrected chi connectivity index (χ0v) is 12.0. The van der Waals surface area contributed by atoms with Gasteiger partial charge in [0.15, 0.2) is 11.6 Å². The lowest BCUT2D eigenvalue weighted by atomic mass is 10.0. The molecule has 1 aromatic carbocycles. The number of hydrogen-bond acceptors (Lipinski definition) is 3. The highest BCUT2D eigenvalue weighted by molar-refractivity contribution is 5.80. The van der Waals surface area contributed by atoms with E-state index in [0.29, 0.717) is 12.8 Å². The van der Waals surface area contributed by atoms with Crippen molar-refractivity contribution in [3.8, 4) is 0 Å². The van der Waals surface area contributed by atoms with E-state index in [1.54, 1.807) is 0 Å². The van der Waals surface area contributed by atoms with Crippen molar-refractivity contribution in [1.29, 1.82) is 0 Å². The van der Waals surface area contributed by atoms with Gasteiger partial charge in [0.2, 0.25) is 5.91 Å². The molecule has 1 aliphatic rings. The molecule has 0 aromatic heterocycles. The number of carbonyl (C=O) groups excluding carboxylic acids is 1. The molecule has 0 spiro atoms. The summed E-state index contributed by atoms with van der Waals surface area (Å²) in [5.41, 5.74) is 5.81. The highest BCUT2D eigenvalue weighted by atomic mass is 19.2. The molecule has 1 saturated heterocycles. The second-order valence-corrected chi connectivity index (χ2v) is 5.56. The number of halogens is 2. The molecular weight excluding hydrogens is 294 g/mol. The van der Waals surface area contributed by atoms with Crippen LogP contribution >= 0.6 is 0 Å². The molecule has 0 unspecified atom stereocenters. The Hall–Kier alpha value is -2.02. The van der Waals surface area contributed by atoms with Crippen molar-refractivity contribution in [3.63, 3.8) is 0 Å². The molecule has 0 radical (unpaired) electrons. The van der Waals surface area contributed by atoms with Crippen LogP contribution in [0.3, 0.4) is 0 Å². The molecule has 0 saturated carbocycles. The normalized spacial score (nSPS) is 22.2. The number of nitrogens with two attached hydrogens (primary N) is 1. The number of carboxylic acid groups (broad SMARTS) is 1. The van der Waals surface area contributed by atoms with Gasteiger partial charge in [0, 0.05) is 24.7 Å². The van der Waals surface area contributed by atoms with Gasteiger partial charge in [-0.3, -0.25) is 9.59 Å². The Bertz CT molecular complexity index is 580. The SMILES string of the molecule is N[C@@H]1CC[C@H](C(=O)O)CN(C(=O)Cc2cccc(F)c2F)C1. The summed E-state index contributed by atoms with van der Waals surface area (Å²) in [5.74, 6) is -4.18. The molecule has 2 rings (SSSR count). The van der Waals surface area contributed by atoms with Crippen LogP contribution in [0.25, 0.3) is 0 Å². The summed E-state index contributed by atoms with van der Waals surface area (Å²) in [6, 6.07) is 3.33. The van der Waals surface area contributed by atoms with Gasteiger partial charge in [0.25, 0.3) is 0 Å². The fraction of sp³-hybridized carbons (Fsp3) is 0.467. The summed E-state index contributed by atoms with van der Waals surface area (Å²) in [6.45, 7) is 0.262. The summed E-state index contributed by atoms with van der Waals surface area (Å²) in [7, 11) is 0. The topological polar surface area (TPSA) is 83.6 Å². The smallest absolute Gasteiger partial charge is 0.308 e. The first kappa shape index (κ1) is 16.4. The lowest BCUT2D eigenvalue weighted by Crippen LogP contribution is -2.42. The Balaban J connectivity index is 2.12. The quantitative estimate of drug-likeness (QED) is 0.877. The lowest BCUT2D eigenvalue weighted by molar-refractivity contribution is -0.143. The van der Waals surface area contributed by atoms with Gasteiger partial charge in [-0.2, -0.15) is 0 Å². The molecule has 1 aliphatic heterocycles. The van der Waals surface area contributed by atoms with Crippen molar-refractivity contribution in [2.24, 2.45) is 11.7 Å². The van der Waals surface area contributed by atoms with Crippen LogP contribution in [0.5, 0.6) is 0 Å². The van der Waals surface area contributed by atoms with E-state index in [-0.39, 0.29) is 31.1 Å². The van der Waals surface area contributed by atoms with Crippen molar-refractivity contribution < 1.29 is 23.5 Å². The zero-order valence-electron chi connectivity index (χ0n) is 12.0. The van der Waals surface area contributed by atoms with Crippen LogP contribution in [0.2, 0.25) is 0 Å². The molecule has 0 aliphatic carbocycles. The van der Waals surface area contributed by atoms with Crippen LogP contribution in [0.4, 0.5) is 8.78 Å². The number of nitrogens with zero attached hydrogens (tertiary/aromatic N) is 1. The Morgan fingerprint density at radius 3 is 2.68 bits per heavy atom. The molecular formula is C15H18F2N2O3. The van der Waals surface area contributed by atoms with E-state index in [1.807, 2.05) is 0 Å². The van der Waals surface area contributed by atoms with Gasteiger partial charge in [-0.05, 0) is 18.9 Å². The number of hydrogen-bond donors (Lipinski definition) is 2. The number of benzene rings is 1. The summed E-state index contributed by atoms with van der Waals surface area (Å²) in [6.07, 6.45) is 0.590. The molecule has 22 heavy (non-hydrogen) atoms. The second kappa shape index (κ2) is 6.83. The maximum absolute atomic E-state index is 13.6.